The van der Waals surface area contributed by atoms with Crippen LogP contribution in [-0.4, -0.2) is 11.2 Å². The van der Waals surface area contributed by atoms with Crippen molar-refractivity contribution in [3.8, 4) is 0 Å². The summed E-state index contributed by atoms with van der Waals surface area (Å²) in [6.07, 6.45) is 11.9. The van der Waals surface area contributed by atoms with E-state index in [0.717, 1.165) is 25.7 Å². The molecule has 0 aliphatic carbocycles. The molecule has 0 bridgehead atoms. The van der Waals surface area contributed by atoms with Crippen molar-refractivity contribution in [1.29, 1.82) is 0 Å². The van der Waals surface area contributed by atoms with E-state index in [9.17, 15) is 5.11 Å². The zero-order chi connectivity index (χ0) is 13.8. The maximum Gasteiger partial charge on any atom is 0.0540 e. The summed E-state index contributed by atoms with van der Waals surface area (Å²) in [6.45, 7) is 2.25. The maximum atomic E-state index is 9.93. The van der Waals surface area contributed by atoms with E-state index in [2.05, 4.69) is 37.3 Å². The van der Waals surface area contributed by atoms with E-state index in [-0.39, 0.29) is 6.10 Å². The molecule has 0 aromatic heterocycles. The number of benzene rings is 1. The summed E-state index contributed by atoms with van der Waals surface area (Å²) in [6, 6.07) is 10.6. The zero-order valence-electron chi connectivity index (χ0n) is 12.5. The minimum atomic E-state index is -0.0881. The molecule has 1 rings (SSSR count). The van der Waals surface area contributed by atoms with Crippen LogP contribution in [0.4, 0.5) is 0 Å². The summed E-state index contributed by atoms with van der Waals surface area (Å²) in [5.41, 5.74) is 1.38. The topological polar surface area (TPSA) is 20.2 Å². The van der Waals surface area contributed by atoms with Crippen molar-refractivity contribution >= 4 is 0 Å². The van der Waals surface area contributed by atoms with E-state index in [1.165, 1.54) is 44.1 Å². The maximum absolute atomic E-state index is 9.93. The van der Waals surface area contributed by atoms with Crippen molar-refractivity contribution in [3.63, 3.8) is 0 Å². The highest BCUT2D eigenvalue weighted by molar-refractivity contribution is 5.14. The summed E-state index contributed by atoms with van der Waals surface area (Å²) in [7, 11) is 0. The third-order valence-corrected chi connectivity index (χ3v) is 3.74. The van der Waals surface area contributed by atoms with Crippen LogP contribution in [0.15, 0.2) is 30.3 Å². The Morgan fingerprint density at radius 1 is 0.842 bits per heavy atom. The molecule has 0 aliphatic heterocycles. The van der Waals surface area contributed by atoms with E-state index < -0.39 is 0 Å². The lowest BCUT2D eigenvalue weighted by Gasteiger charge is -2.10. The predicted octanol–water partition coefficient (Wildman–Crippen LogP) is 5.12. The molecule has 1 N–H and O–H groups in total. The lowest BCUT2D eigenvalue weighted by atomic mass is 10.0. The molecule has 1 aromatic rings. The van der Waals surface area contributed by atoms with E-state index in [1.54, 1.807) is 0 Å². The summed E-state index contributed by atoms with van der Waals surface area (Å²) in [4.78, 5) is 0. The lowest BCUT2D eigenvalue weighted by Crippen LogP contribution is -2.06. The summed E-state index contributed by atoms with van der Waals surface area (Å²) in [5, 5.41) is 9.93. The van der Waals surface area contributed by atoms with Crippen molar-refractivity contribution in [3.05, 3.63) is 35.9 Å². The van der Waals surface area contributed by atoms with E-state index in [0.29, 0.717) is 0 Å². The van der Waals surface area contributed by atoms with Crippen molar-refractivity contribution < 1.29 is 5.11 Å². The molecule has 0 fully saturated rings. The number of rotatable bonds is 11. The monoisotopic (exact) mass is 262 g/mol. The Labute approximate surface area is 119 Å². The first-order valence-electron chi connectivity index (χ1n) is 8.05. The molecule has 1 atom stereocenters. The molecular formula is C18H30O. The van der Waals surface area contributed by atoms with Crippen LogP contribution < -0.4 is 0 Å². The van der Waals surface area contributed by atoms with Crippen LogP contribution in [-0.2, 0) is 6.42 Å². The number of aryl methyl sites for hydroxylation is 1. The zero-order valence-corrected chi connectivity index (χ0v) is 12.5. The Hall–Kier alpha value is -0.820. The fourth-order valence-electron chi connectivity index (χ4n) is 2.49. The van der Waals surface area contributed by atoms with Gasteiger partial charge >= 0.3 is 0 Å². The number of aliphatic hydroxyl groups is 1. The van der Waals surface area contributed by atoms with Crippen molar-refractivity contribution in [2.45, 2.75) is 77.2 Å². The average molecular weight is 262 g/mol. The first-order valence-corrected chi connectivity index (χ1v) is 8.05. The second-order valence-corrected chi connectivity index (χ2v) is 5.59. The molecule has 0 saturated carbocycles. The standard InChI is InChI=1S/C18H30O/c1-2-3-4-5-6-10-15-18(19)16-11-14-17-12-8-7-9-13-17/h7-9,12-13,18-19H,2-6,10-11,14-16H2,1H3. The quantitative estimate of drug-likeness (QED) is 0.549. The summed E-state index contributed by atoms with van der Waals surface area (Å²) < 4.78 is 0. The lowest BCUT2D eigenvalue weighted by molar-refractivity contribution is 0.148. The fraction of sp³-hybridized carbons (Fsp3) is 0.667. The highest BCUT2D eigenvalue weighted by Gasteiger charge is 2.03. The number of hydrogen-bond donors (Lipinski definition) is 1. The second kappa shape index (κ2) is 11.0. The van der Waals surface area contributed by atoms with Gasteiger partial charge < -0.3 is 5.11 Å². The molecule has 0 amide bonds. The predicted molar refractivity (Wildman–Crippen MR) is 83.4 cm³/mol. The number of unbranched alkanes of at least 4 members (excludes halogenated alkanes) is 5. The highest BCUT2D eigenvalue weighted by atomic mass is 16.3. The summed E-state index contributed by atoms with van der Waals surface area (Å²) in [5.74, 6) is 0. The molecule has 0 saturated heterocycles. The largest absolute Gasteiger partial charge is 0.393 e. The average Bonchev–Trinajstić information content (AvgIpc) is 2.44. The molecule has 0 spiro atoms. The van der Waals surface area contributed by atoms with Crippen LogP contribution in [0.3, 0.4) is 0 Å². The Kier molecular flexibility index (Phi) is 9.44. The molecule has 0 radical (unpaired) electrons. The molecule has 19 heavy (non-hydrogen) atoms. The van der Waals surface area contributed by atoms with Gasteiger partial charge in [0.1, 0.15) is 0 Å². The third kappa shape index (κ3) is 8.83. The first kappa shape index (κ1) is 16.2. The van der Waals surface area contributed by atoms with Crippen LogP contribution in [0.2, 0.25) is 0 Å². The molecule has 0 heterocycles. The van der Waals surface area contributed by atoms with Gasteiger partial charge in [0.15, 0.2) is 0 Å². The number of hydrogen-bond acceptors (Lipinski definition) is 1. The van der Waals surface area contributed by atoms with Crippen LogP contribution in [0, 0.1) is 0 Å². The highest BCUT2D eigenvalue weighted by Crippen LogP contribution is 2.13. The molecule has 108 valence electrons. The first-order chi connectivity index (χ1) is 9.33. The minimum Gasteiger partial charge on any atom is -0.393 e. The molecule has 1 unspecified atom stereocenters. The van der Waals surface area contributed by atoms with E-state index in [4.69, 9.17) is 0 Å². The van der Waals surface area contributed by atoms with Gasteiger partial charge in [-0.2, -0.15) is 0 Å². The van der Waals surface area contributed by atoms with Crippen molar-refractivity contribution in [2.75, 3.05) is 0 Å². The molecule has 0 aliphatic rings. The van der Waals surface area contributed by atoms with E-state index in [1.807, 2.05) is 0 Å². The van der Waals surface area contributed by atoms with Crippen LogP contribution in [0.5, 0.6) is 0 Å². The Balaban J connectivity index is 1.94. The fourth-order valence-corrected chi connectivity index (χ4v) is 2.49. The Morgan fingerprint density at radius 2 is 1.47 bits per heavy atom. The molecule has 1 nitrogen and oxygen atoms in total. The van der Waals surface area contributed by atoms with Gasteiger partial charge in [-0.25, -0.2) is 0 Å². The second-order valence-electron chi connectivity index (χ2n) is 5.59. The Morgan fingerprint density at radius 3 is 2.21 bits per heavy atom. The van der Waals surface area contributed by atoms with Crippen LogP contribution >= 0.6 is 0 Å². The minimum absolute atomic E-state index is 0.0881. The van der Waals surface area contributed by atoms with Gasteiger partial charge in [-0.05, 0) is 31.2 Å². The SMILES string of the molecule is CCCCCCCCC(O)CCCc1ccccc1. The van der Waals surface area contributed by atoms with Gasteiger partial charge in [-0.15, -0.1) is 0 Å². The third-order valence-electron chi connectivity index (χ3n) is 3.74. The van der Waals surface area contributed by atoms with E-state index >= 15 is 0 Å². The van der Waals surface area contributed by atoms with Gasteiger partial charge in [-0.1, -0.05) is 75.8 Å². The van der Waals surface area contributed by atoms with Gasteiger partial charge in [0.05, 0.1) is 6.10 Å². The van der Waals surface area contributed by atoms with Gasteiger partial charge in [0.2, 0.25) is 0 Å². The van der Waals surface area contributed by atoms with Crippen molar-refractivity contribution in [2.24, 2.45) is 0 Å². The smallest absolute Gasteiger partial charge is 0.0540 e. The normalized spacial score (nSPS) is 12.5. The van der Waals surface area contributed by atoms with Crippen LogP contribution in [0.25, 0.3) is 0 Å². The molecule has 1 heteroatoms. The van der Waals surface area contributed by atoms with Gasteiger partial charge in [-0.3, -0.25) is 0 Å². The van der Waals surface area contributed by atoms with Crippen LogP contribution in [0.1, 0.15) is 70.3 Å². The van der Waals surface area contributed by atoms with Gasteiger partial charge in [0, 0.05) is 0 Å². The van der Waals surface area contributed by atoms with Crippen molar-refractivity contribution in [1.82, 2.24) is 0 Å². The molecule has 1 aromatic carbocycles. The van der Waals surface area contributed by atoms with Gasteiger partial charge in [0.25, 0.3) is 0 Å². The summed E-state index contributed by atoms with van der Waals surface area (Å²) >= 11 is 0. The number of aliphatic hydroxyl groups excluding tert-OH is 1. The Bertz CT molecular complexity index is 294. The molecular weight excluding hydrogens is 232 g/mol.